The summed E-state index contributed by atoms with van der Waals surface area (Å²) in [7, 11) is 0. The molecule has 5 aromatic rings. The minimum atomic E-state index is 0.377. The van der Waals surface area contributed by atoms with Gasteiger partial charge in [-0.1, -0.05) is 64.1 Å². The maximum Gasteiger partial charge on any atom is 0.163 e. The van der Waals surface area contributed by atoms with E-state index in [1.807, 2.05) is 17.7 Å². The highest BCUT2D eigenvalue weighted by molar-refractivity contribution is 5.83. The first-order chi connectivity index (χ1) is 16.0. The standard InChI is InChI=1S/C28H29N5/c1-18(2)23-12-9-13-24(19(3)4)27(23)33-28(29-17-30-33)21-14-15-26-25(16-21)31-20(5)32(26)22-10-7-6-8-11-22/h6-19H,1-5H3. The molecule has 5 rings (SSSR count). The number of imidazole rings is 1. The van der Waals surface area contributed by atoms with Gasteiger partial charge in [-0.05, 0) is 60.2 Å². The SMILES string of the molecule is Cc1nc2cc(-c3ncnn3-c3c(C(C)C)cccc3C(C)C)ccc2n1-c1ccccc1. The average molecular weight is 436 g/mol. The molecule has 3 aromatic carbocycles. The van der Waals surface area contributed by atoms with Gasteiger partial charge in [0.1, 0.15) is 12.2 Å². The van der Waals surface area contributed by atoms with Crippen LogP contribution in [0.25, 0.3) is 33.8 Å². The summed E-state index contributed by atoms with van der Waals surface area (Å²) < 4.78 is 4.20. The van der Waals surface area contributed by atoms with Gasteiger partial charge in [-0.2, -0.15) is 5.10 Å². The van der Waals surface area contributed by atoms with E-state index in [4.69, 9.17) is 4.98 Å². The fourth-order valence-electron chi connectivity index (χ4n) is 4.60. The minimum Gasteiger partial charge on any atom is -0.297 e. The van der Waals surface area contributed by atoms with Crippen molar-refractivity contribution in [3.8, 4) is 22.8 Å². The summed E-state index contributed by atoms with van der Waals surface area (Å²) >= 11 is 0. The van der Waals surface area contributed by atoms with Crippen LogP contribution in [0, 0.1) is 6.92 Å². The Labute approximate surface area is 194 Å². The third-order valence-corrected chi connectivity index (χ3v) is 6.20. The number of aromatic nitrogens is 5. The molecule has 0 unspecified atom stereocenters. The Balaban J connectivity index is 1.68. The molecule has 0 atom stereocenters. The second-order valence-electron chi connectivity index (χ2n) is 9.12. The molecule has 0 bridgehead atoms. The van der Waals surface area contributed by atoms with Gasteiger partial charge >= 0.3 is 0 Å². The highest BCUT2D eigenvalue weighted by atomic mass is 15.3. The van der Waals surface area contributed by atoms with Gasteiger partial charge in [-0.3, -0.25) is 4.57 Å². The minimum absolute atomic E-state index is 0.377. The molecule has 33 heavy (non-hydrogen) atoms. The van der Waals surface area contributed by atoms with E-state index in [0.717, 1.165) is 39.6 Å². The summed E-state index contributed by atoms with van der Waals surface area (Å²) in [5, 5.41) is 4.68. The monoisotopic (exact) mass is 435 g/mol. The zero-order chi connectivity index (χ0) is 23.1. The van der Waals surface area contributed by atoms with E-state index >= 15 is 0 Å². The molecular formula is C28H29N5. The fraction of sp³-hybridized carbons (Fsp3) is 0.250. The highest BCUT2D eigenvalue weighted by Gasteiger charge is 2.20. The number of aryl methyl sites for hydroxylation is 1. The van der Waals surface area contributed by atoms with Gasteiger partial charge in [0.2, 0.25) is 0 Å². The fourth-order valence-corrected chi connectivity index (χ4v) is 4.60. The van der Waals surface area contributed by atoms with Crippen LogP contribution in [0.1, 0.15) is 56.5 Å². The summed E-state index contributed by atoms with van der Waals surface area (Å²) in [5.74, 6) is 2.55. The first kappa shape index (κ1) is 21.1. The first-order valence-electron chi connectivity index (χ1n) is 11.5. The number of hydrogen-bond acceptors (Lipinski definition) is 3. The lowest BCUT2D eigenvalue weighted by molar-refractivity contribution is 0.773. The van der Waals surface area contributed by atoms with Crippen LogP contribution in [0.15, 0.2) is 73.1 Å². The van der Waals surface area contributed by atoms with Crippen LogP contribution < -0.4 is 0 Å². The van der Waals surface area contributed by atoms with Gasteiger partial charge in [0.15, 0.2) is 5.82 Å². The number of nitrogens with zero attached hydrogens (tertiary/aromatic N) is 5. The van der Waals surface area contributed by atoms with E-state index in [2.05, 4.69) is 103 Å². The second-order valence-corrected chi connectivity index (χ2v) is 9.12. The molecular weight excluding hydrogens is 406 g/mol. The normalized spacial score (nSPS) is 11.7. The number of rotatable bonds is 5. The molecule has 0 aliphatic rings. The molecule has 0 N–H and O–H groups in total. The lowest BCUT2D eigenvalue weighted by Gasteiger charge is -2.20. The van der Waals surface area contributed by atoms with E-state index in [-0.39, 0.29) is 0 Å². The molecule has 5 heteroatoms. The Kier molecular flexibility index (Phi) is 5.33. The van der Waals surface area contributed by atoms with Crippen molar-refractivity contribution in [1.29, 1.82) is 0 Å². The summed E-state index contributed by atoms with van der Waals surface area (Å²) in [5.41, 5.74) is 7.84. The van der Waals surface area contributed by atoms with E-state index in [1.165, 1.54) is 11.1 Å². The molecule has 2 aromatic heterocycles. The van der Waals surface area contributed by atoms with Gasteiger partial charge in [0.25, 0.3) is 0 Å². The van der Waals surface area contributed by atoms with Crippen LogP contribution in [0.2, 0.25) is 0 Å². The van der Waals surface area contributed by atoms with E-state index in [1.54, 1.807) is 6.33 Å². The van der Waals surface area contributed by atoms with Crippen molar-refractivity contribution in [2.45, 2.75) is 46.5 Å². The van der Waals surface area contributed by atoms with Gasteiger partial charge in [-0.25, -0.2) is 14.6 Å². The van der Waals surface area contributed by atoms with E-state index < -0.39 is 0 Å². The first-order valence-corrected chi connectivity index (χ1v) is 11.5. The Morgan fingerprint density at radius 2 is 1.48 bits per heavy atom. The summed E-state index contributed by atoms with van der Waals surface area (Å²) in [6.07, 6.45) is 1.65. The molecule has 0 aliphatic heterocycles. The third-order valence-electron chi connectivity index (χ3n) is 6.20. The molecule has 0 spiro atoms. The zero-order valence-electron chi connectivity index (χ0n) is 19.8. The summed E-state index contributed by atoms with van der Waals surface area (Å²) in [4.78, 5) is 9.53. The van der Waals surface area contributed by atoms with Gasteiger partial charge in [-0.15, -0.1) is 0 Å². The van der Waals surface area contributed by atoms with Crippen LogP contribution >= 0.6 is 0 Å². The van der Waals surface area contributed by atoms with Crippen LogP contribution in [0.4, 0.5) is 0 Å². The second kappa shape index (κ2) is 8.32. The van der Waals surface area contributed by atoms with Crippen LogP contribution in [0.3, 0.4) is 0 Å². The largest absolute Gasteiger partial charge is 0.297 e. The molecule has 0 aliphatic carbocycles. The lowest BCUT2D eigenvalue weighted by atomic mass is 9.92. The molecule has 2 heterocycles. The average Bonchev–Trinajstić information content (AvgIpc) is 3.42. The third kappa shape index (κ3) is 3.63. The topological polar surface area (TPSA) is 48.5 Å². The Morgan fingerprint density at radius 1 is 0.788 bits per heavy atom. The Bertz CT molecular complexity index is 1400. The van der Waals surface area contributed by atoms with Crippen LogP contribution in [-0.2, 0) is 0 Å². The molecule has 166 valence electrons. The molecule has 5 nitrogen and oxygen atoms in total. The Morgan fingerprint density at radius 3 is 2.15 bits per heavy atom. The Hall–Kier alpha value is -3.73. The smallest absolute Gasteiger partial charge is 0.163 e. The predicted molar refractivity (Wildman–Crippen MR) is 134 cm³/mol. The molecule has 0 radical (unpaired) electrons. The molecule has 0 saturated heterocycles. The van der Waals surface area contributed by atoms with Crippen molar-refractivity contribution >= 4 is 11.0 Å². The maximum absolute atomic E-state index is 4.86. The molecule has 0 saturated carbocycles. The number of fused-ring (bicyclic) bond motifs is 1. The van der Waals surface area contributed by atoms with E-state index in [9.17, 15) is 0 Å². The van der Waals surface area contributed by atoms with Gasteiger partial charge in [0.05, 0.1) is 16.7 Å². The molecule has 0 amide bonds. The predicted octanol–water partition coefficient (Wildman–Crippen LogP) is 6.83. The van der Waals surface area contributed by atoms with Crippen molar-refractivity contribution in [3.05, 3.63) is 90.0 Å². The van der Waals surface area contributed by atoms with Gasteiger partial charge < -0.3 is 0 Å². The highest BCUT2D eigenvalue weighted by Crippen LogP contribution is 2.34. The van der Waals surface area contributed by atoms with Crippen molar-refractivity contribution in [3.63, 3.8) is 0 Å². The van der Waals surface area contributed by atoms with Crippen molar-refractivity contribution in [2.75, 3.05) is 0 Å². The van der Waals surface area contributed by atoms with Gasteiger partial charge in [0, 0.05) is 11.3 Å². The molecule has 0 fully saturated rings. The summed E-state index contributed by atoms with van der Waals surface area (Å²) in [6.45, 7) is 11.0. The lowest BCUT2D eigenvalue weighted by Crippen LogP contribution is -2.09. The van der Waals surface area contributed by atoms with Crippen molar-refractivity contribution < 1.29 is 0 Å². The number of para-hydroxylation sites is 2. The quantitative estimate of drug-likeness (QED) is 0.304. The number of benzene rings is 3. The van der Waals surface area contributed by atoms with Crippen LogP contribution in [-0.4, -0.2) is 24.3 Å². The maximum atomic E-state index is 4.86. The van der Waals surface area contributed by atoms with Crippen LogP contribution in [0.5, 0.6) is 0 Å². The zero-order valence-corrected chi connectivity index (χ0v) is 19.8. The number of hydrogen-bond donors (Lipinski definition) is 0. The van der Waals surface area contributed by atoms with Crippen molar-refractivity contribution in [2.24, 2.45) is 0 Å². The van der Waals surface area contributed by atoms with Crippen molar-refractivity contribution in [1.82, 2.24) is 24.3 Å². The summed E-state index contributed by atoms with van der Waals surface area (Å²) in [6, 6.07) is 23.3. The van der Waals surface area contributed by atoms with E-state index in [0.29, 0.717) is 11.8 Å².